The smallest absolute Gasteiger partial charge is 0.256 e. The number of anilines is 1. The summed E-state index contributed by atoms with van der Waals surface area (Å²) >= 11 is 0. The minimum atomic E-state index is 0.0121. The topological polar surface area (TPSA) is 53.1 Å². The van der Waals surface area contributed by atoms with Crippen molar-refractivity contribution in [3.05, 3.63) is 59.2 Å². The van der Waals surface area contributed by atoms with E-state index in [1.54, 1.807) is 12.0 Å². The van der Waals surface area contributed by atoms with Gasteiger partial charge in [0.15, 0.2) is 0 Å². The average Bonchev–Trinajstić information content (AvgIpc) is 3.20. The molecule has 0 unspecified atom stereocenters. The summed E-state index contributed by atoms with van der Waals surface area (Å²) in [6.45, 7) is 6.56. The molecule has 30 heavy (non-hydrogen) atoms. The number of piperazine rings is 1. The first-order valence-corrected chi connectivity index (χ1v) is 10.6. The Kier molecular flexibility index (Phi) is 6.04. The number of rotatable bonds is 5. The second kappa shape index (κ2) is 8.88. The fraction of sp³-hybridized carbons (Fsp3) is 0.417. The van der Waals surface area contributed by atoms with Gasteiger partial charge in [-0.05, 0) is 31.5 Å². The molecule has 0 N–H and O–H groups in total. The molecule has 2 saturated heterocycles. The van der Waals surface area contributed by atoms with Gasteiger partial charge in [-0.3, -0.25) is 14.5 Å². The second-order valence-electron chi connectivity index (χ2n) is 8.05. The summed E-state index contributed by atoms with van der Waals surface area (Å²) in [6.07, 6.45) is 1.41. The number of nitrogens with zero attached hydrogens (tertiary/aromatic N) is 3. The Balaban J connectivity index is 1.42. The summed E-state index contributed by atoms with van der Waals surface area (Å²) < 4.78 is 5.51. The molecular weight excluding hydrogens is 378 g/mol. The lowest BCUT2D eigenvalue weighted by Gasteiger charge is -2.35. The third-order valence-corrected chi connectivity index (χ3v) is 5.99. The van der Waals surface area contributed by atoms with Gasteiger partial charge in [0, 0.05) is 51.3 Å². The van der Waals surface area contributed by atoms with Crippen molar-refractivity contribution in [3.8, 4) is 5.75 Å². The summed E-state index contributed by atoms with van der Waals surface area (Å²) in [5, 5.41) is 0. The van der Waals surface area contributed by atoms with Crippen LogP contribution < -0.4 is 9.64 Å². The van der Waals surface area contributed by atoms with E-state index in [4.69, 9.17) is 4.74 Å². The summed E-state index contributed by atoms with van der Waals surface area (Å²) in [5.74, 6) is 1.02. The van der Waals surface area contributed by atoms with Crippen molar-refractivity contribution in [1.29, 1.82) is 0 Å². The molecule has 6 nitrogen and oxygen atoms in total. The maximum Gasteiger partial charge on any atom is 0.256 e. The zero-order valence-electron chi connectivity index (χ0n) is 17.8. The molecule has 2 heterocycles. The van der Waals surface area contributed by atoms with Crippen LogP contribution in [0.15, 0.2) is 42.5 Å². The Morgan fingerprint density at radius 1 is 1.03 bits per heavy atom. The van der Waals surface area contributed by atoms with E-state index in [1.807, 2.05) is 35.2 Å². The Bertz CT molecular complexity index is 935. The van der Waals surface area contributed by atoms with Gasteiger partial charge >= 0.3 is 0 Å². The van der Waals surface area contributed by atoms with E-state index in [2.05, 4.69) is 24.0 Å². The first kappa shape index (κ1) is 20.4. The third kappa shape index (κ3) is 4.19. The quantitative estimate of drug-likeness (QED) is 0.764. The minimum absolute atomic E-state index is 0.0121. The second-order valence-corrected chi connectivity index (χ2v) is 8.05. The van der Waals surface area contributed by atoms with Gasteiger partial charge in [0.2, 0.25) is 5.91 Å². The monoisotopic (exact) mass is 407 g/mol. The van der Waals surface area contributed by atoms with Gasteiger partial charge in [0.05, 0.1) is 18.4 Å². The van der Waals surface area contributed by atoms with Gasteiger partial charge in [-0.15, -0.1) is 0 Å². The fourth-order valence-electron chi connectivity index (χ4n) is 4.34. The van der Waals surface area contributed by atoms with Gasteiger partial charge < -0.3 is 14.5 Å². The molecule has 0 atom stereocenters. The van der Waals surface area contributed by atoms with E-state index in [0.29, 0.717) is 31.6 Å². The number of amides is 2. The Morgan fingerprint density at radius 2 is 1.80 bits per heavy atom. The molecule has 0 saturated carbocycles. The summed E-state index contributed by atoms with van der Waals surface area (Å²) in [6, 6.07) is 13.7. The molecule has 6 heteroatoms. The highest BCUT2D eigenvalue weighted by Gasteiger charge is 2.29. The molecule has 2 aromatic rings. The zero-order chi connectivity index (χ0) is 21.1. The van der Waals surface area contributed by atoms with Crippen molar-refractivity contribution in [1.82, 2.24) is 9.80 Å². The molecule has 0 aromatic heterocycles. The predicted molar refractivity (Wildman–Crippen MR) is 117 cm³/mol. The number of carbonyl (C=O) groups is 2. The fourth-order valence-corrected chi connectivity index (χ4v) is 4.34. The maximum atomic E-state index is 13.2. The highest BCUT2D eigenvalue weighted by atomic mass is 16.5. The molecule has 2 aromatic carbocycles. The van der Waals surface area contributed by atoms with Crippen molar-refractivity contribution < 1.29 is 14.3 Å². The van der Waals surface area contributed by atoms with E-state index >= 15 is 0 Å². The predicted octanol–water partition coefficient (Wildman–Crippen LogP) is 3.09. The number of hydrogen-bond donors (Lipinski definition) is 0. The van der Waals surface area contributed by atoms with Crippen LogP contribution in [0, 0.1) is 6.92 Å². The minimum Gasteiger partial charge on any atom is -0.496 e. The Morgan fingerprint density at radius 3 is 2.50 bits per heavy atom. The summed E-state index contributed by atoms with van der Waals surface area (Å²) in [4.78, 5) is 31.5. The third-order valence-electron chi connectivity index (χ3n) is 5.99. The molecule has 2 fully saturated rings. The molecule has 2 aliphatic heterocycles. The lowest BCUT2D eigenvalue weighted by Crippen LogP contribution is -2.48. The van der Waals surface area contributed by atoms with Crippen molar-refractivity contribution in [2.45, 2.75) is 26.3 Å². The molecular formula is C24H29N3O3. The average molecular weight is 408 g/mol. The van der Waals surface area contributed by atoms with Crippen LogP contribution in [0.4, 0.5) is 5.69 Å². The van der Waals surface area contributed by atoms with E-state index < -0.39 is 0 Å². The summed E-state index contributed by atoms with van der Waals surface area (Å²) in [5.41, 5.74) is 3.77. The van der Waals surface area contributed by atoms with Crippen molar-refractivity contribution in [2.24, 2.45) is 0 Å². The highest BCUT2D eigenvalue weighted by Crippen LogP contribution is 2.27. The number of benzene rings is 2. The number of ether oxygens (including phenoxy) is 1. The zero-order valence-corrected chi connectivity index (χ0v) is 17.8. The SMILES string of the molecule is COc1ccc(C)cc1CN1CCN(C(=O)c2ccccc2N2CCCC2=O)CC1. The van der Waals surface area contributed by atoms with Gasteiger partial charge in [0.1, 0.15) is 5.75 Å². The van der Waals surface area contributed by atoms with E-state index in [-0.39, 0.29) is 11.8 Å². The van der Waals surface area contributed by atoms with Crippen LogP contribution in [0.5, 0.6) is 5.75 Å². The molecule has 2 amide bonds. The maximum absolute atomic E-state index is 13.2. The van der Waals surface area contributed by atoms with Crippen LogP contribution in [0.1, 0.15) is 34.3 Å². The Hall–Kier alpha value is -2.86. The number of aryl methyl sites for hydroxylation is 1. The van der Waals surface area contributed by atoms with Crippen LogP contribution in [-0.4, -0.2) is 61.4 Å². The van der Waals surface area contributed by atoms with Crippen LogP contribution in [-0.2, 0) is 11.3 Å². The molecule has 0 aliphatic carbocycles. The standard InChI is InChI=1S/C24H29N3O3/c1-18-9-10-22(30-2)19(16-18)17-25-12-14-26(15-13-25)24(29)20-6-3-4-7-21(20)27-11-5-8-23(27)28/h3-4,6-7,9-10,16H,5,8,11-15,17H2,1-2H3. The van der Waals surface area contributed by atoms with E-state index in [0.717, 1.165) is 37.5 Å². The number of para-hydroxylation sites is 1. The number of hydrogen-bond acceptors (Lipinski definition) is 4. The van der Waals surface area contributed by atoms with Crippen LogP contribution in [0.3, 0.4) is 0 Å². The van der Waals surface area contributed by atoms with Crippen molar-refractivity contribution >= 4 is 17.5 Å². The first-order chi connectivity index (χ1) is 14.6. The van der Waals surface area contributed by atoms with Gasteiger partial charge in [-0.25, -0.2) is 0 Å². The number of carbonyl (C=O) groups excluding carboxylic acids is 2. The van der Waals surface area contributed by atoms with Crippen LogP contribution in [0.25, 0.3) is 0 Å². The Labute approximate surface area is 178 Å². The number of methoxy groups -OCH3 is 1. The molecule has 2 aliphatic rings. The van der Waals surface area contributed by atoms with Gasteiger partial charge in [-0.2, -0.15) is 0 Å². The van der Waals surface area contributed by atoms with E-state index in [9.17, 15) is 9.59 Å². The lowest BCUT2D eigenvalue weighted by molar-refractivity contribution is -0.117. The normalized spacial score (nSPS) is 17.5. The van der Waals surface area contributed by atoms with Crippen LogP contribution >= 0.6 is 0 Å². The summed E-state index contributed by atoms with van der Waals surface area (Å²) in [7, 11) is 1.70. The molecule has 4 rings (SSSR count). The molecule has 0 spiro atoms. The highest BCUT2D eigenvalue weighted by molar-refractivity contribution is 6.05. The molecule has 0 radical (unpaired) electrons. The van der Waals surface area contributed by atoms with Crippen molar-refractivity contribution in [2.75, 3.05) is 44.7 Å². The largest absolute Gasteiger partial charge is 0.496 e. The first-order valence-electron chi connectivity index (χ1n) is 10.6. The lowest BCUT2D eigenvalue weighted by atomic mass is 10.1. The van der Waals surface area contributed by atoms with Crippen LogP contribution in [0.2, 0.25) is 0 Å². The van der Waals surface area contributed by atoms with E-state index in [1.165, 1.54) is 11.1 Å². The van der Waals surface area contributed by atoms with Gasteiger partial charge in [0.25, 0.3) is 5.91 Å². The van der Waals surface area contributed by atoms with Crippen molar-refractivity contribution in [3.63, 3.8) is 0 Å². The van der Waals surface area contributed by atoms with Gasteiger partial charge in [-0.1, -0.05) is 29.8 Å². The molecule has 158 valence electrons. The molecule has 0 bridgehead atoms.